The summed E-state index contributed by atoms with van der Waals surface area (Å²) in [6.45, 7) is 2.67. The second-order valence-electron chi connectivity index (χ2n) is 4.02. The highest BCUT2D eigenvalue weighted by Crippen LogP contribution is 2.23. The minimum atomic E-state index is -0.391. The summed E-state index contributed by atoms with van der Waals surface area (Å²) in [5, 5.41) is 4.16. The van der Waals surface area contributed by atoms with Gasteiger partial charge in [0.2, 0.25) is 5.78 Å². The lowest BCUT2D eigenvalue weighted by molar-refractivity contribution is 0.102. The number of hydrogen-bond acceptors (Lipinski definition) is 2. The Hall–Kier alpha value is -1.01. The van der Waals surface area contributed by atoms with Crippen LogP contribution in [0.5, 0.6) is 0 Å². The standard InChI is InChI=1S/C13H11Br2FN2O/c1-2-5-18-12(10(15)7-17-18)13(19)8-3-4-11(16)9(14)6-8/h3-4,6-7H,2,5H2,1H3. The molecule has 6 heteroatoms. The summed E-state index contributed by atoms with van der Waals surface area (Å²) >= 11 is 6.41. The maximum atomic E-state index is 13.2. The maximum Gasteiger partial charge on any atom is 0.212 e. The zero-order valence-corrected chi connectivity index (χ0v) is 13.3. The Morgan fingerprint density at radius 3 is 2.74 bits per heavy atom. The number of carbonyl (C=O) groups is 1. The molecule has 0 fully saturated rings. The zero-order valence-electron chi connectivity index (χ0n) is 10.2. The van der Waals surface area contributed by atoms with Crippen LogP contribution in [0, 0.1) is 5.82 Å². The molecule has 100 valence electrons. The van der Waals surface area contributed by atoms with Gasteiger partial charge in [-0.05, 0) is 56.5 Å². The molecule has 19 heavy (non-hydrogen) atoms. The first kappa shape index (κ1) is 14.4. The molecular formula is C13H11Br2FN2O. The van der Waals surface area contributed by atoms with Gasteiger partial charge in [-0.2, -0.15) is 5.10 Å². The van der Waals surface area contributed by atoms with Crippen LogP contribution in [0.3, 0.4) is 0 Å². The van der Waals surface area contributed by atoms with Crippen molar-refractivity contribution in [2.24, 2.45) is 0 Å². The second-order valence-corrected chi connectivity index (χ2v) is 5.73. The molecule has 0 N–H and O–H groups in total. The SMILES string of the molecule is CCCn1ncc(Br)c1C(=O)c1ccc(F)c(Br)c1. The molecule has 1 heterocycles. The molecule has 0 unspecified atom stereocenters. The van der Waals surface area contributed by atoms with Crippen molar-refractivity contribution in [2.45, 2.75) is 19.9 Å². The minimum Gasteiger partial charge on any atom is -0.287 e. The lowest BCUT2D eigenvalue weighted by Gasteiger charge is -2.06. The number of ketones is 1. The molecule has 0 aliphatic heterocycles. The number of aromatic nitrogens is 2. The Morgan fingerprint density at radius 2 is 2.11 bits per heavy atom. The van der Waals surface area contributed by atoms with Gasteiger partial charge in [-0.15, -0.1) is 0 Å². The van der Waals surface area contributed by atoms with Crippen molar-refractivity contribution in [2.75, 3.05) is 0 Å². The van der Waals surface area contributed by atoms with E-state index in [2.05, 4.69) is 37.0 Å². The van der Waals surface area contributed by atoms with Crippen molar-refractivity contribution in [3.63, 3.8) is 0 Å². The predicted molar refractivity (Wildman–Crippen MR) is 77.8 cm³/mol. The van der Waals surface area contributed by atoms with Gasteiger partial charge in [-0.25, -0.2) is 4.39 Å². The molecule has 2 rings (SSSR count). The van der Waals surface area contributed by atoms with Crippen molar-refractivity contribution in [1.82, 2.24) is 9.78 Å². The lowest BCUT2D eigenvalue weighted by Crippen LogP contribution is -2.12. The van der Waals surface area contributed by atoms with Crippen molar-refractivity contribution in [1.29, 1.82) is 0 Å². The van der Waals surface area contributed by atoms with Crippen LogP contribution in [0.15, 0.2) is 33.3 Å². The topological polar surface area (TPSA) is 34.9 Å². The Bertz CT molecular complexity index is 625. The summed E-state index contributed by atoms with van der Waals surface area (Å²) in [5.41, 5.74) is 0.909. The number of hydrogen-bond donors (Lipinski definition) is 0. The van der Waals surface area contributed by atoms with Crippen LogP contribution in [-0.2, 0) is 6.54 Å². The minimum absolute atomic E-state index is 0.182. The molecule has 0 atom stereocenters. The zero-order chi connectivity index (χ0) is 14.0. The number of nitrogens with zero attached hydrogens (tertiary/aromatic N) is 2. The summed E-state index contributed by atoms with van der Waals surface area (Å²) < 4.78 is 15.8. The molecule has 0 saturated carbocycles. The van der Waals surface area contributed by atoms with Gasteiger partial charge >= 0.3 is 0 Å². The van der Waals surface area contributed by atoms with E-state index in [9.17, 15) is 9.18 Å². The quantitative estimate of drug-likeness (QED) is 0.735. The largest absolute Gasteiger partial charge is 0.287 e. The van der Waals surface area contributed by atoms with Gasteiger partial charge in [-0.3, -0.25) is 9.48 Å². The van der Waals surface area contributed by atoms with E-state index in [1.54, 1.807) is 10.9 Å². The van der Waals surface area contributed by atoms with Gasteiger partial charge in [-0.1, -0.05) is 6.92 Å². The van der Waals surface area contributed by atoms with Crippen LogP contribution in [0.1, 0.15) is 29.4 Å². The summed E-state index contributed by atoms with van der Waals surface area (Å²) in [4.78, 5) is 12.5. The van der Waals surface area contributed by atoms with E-state index in [0.717, 1.165) is 6.42 Å². The maximum absolute atomic E-state index is 13.2. The van der Waals surface area contributed by atoms with Gasteiger partial charge in [0.15, 0.2) is 0 Å². The lowest BCUT2D eigenvalue weighted by atomic mass is 10.1. The Labute approximate surface area is 127 Å². The highest BCUT2D eigenvalue weighted by Gasteiger charge is 2.19. The van der Waals surface area contributed by atoms with E-state index in [0.29, 0.717) is 22.3 Å². The Balaban J connectivity index is 2.43. The summed E-state index contributed by atoms with van der Waals surface area (Å²) in [6.07, 6.45) is 2.48. The number of benzene rings is 1. The van der Waals surface area contributed by atoms with Crippen molar-refractivity contribution in [3.05, 3.63) is 50.4 Å². The van der Waals surface area contributed by atoms with E-state index in [-0.39, 0.29) is 10.3 Å². The van der Waals surface area contributed by atoms with Gasteiger partial charge in [0.1, 0.15) is 11.5 Å². The van der Waals surface area contributed by atoms with Crippen LogP contribution in [0.4, 0.5) is 4.39 Å². The van der Waals surface area contributed by atoms with Crippen LogP contribution in [0.2, 0.25) is 0 Å². The van der Waals surface area contributed by atoms with Crippen LogP contribution in [-0.4, -0.2) is 15.6 Å². The third kappa shape index (κ3) is 2.95. The summed E-state index contributed by atoms with van der Waals surface area (Å²) in [6, 6.07) is 4.22. The van der Waals surface area contributed by atoms with Crippen LogP contribution < -0.4 is 0 Å². The van der Waals surface area contributed by atoms with Crippen molar-refractivity contribution >= 4 is 37.6 Å². The molecule has 1 aromatic carbocycles. The normalized spacial score (nSPS) is 10.7. The fourth-order valence-corrected chi connectivity index (χ4v) is 2.60. The van der Waals surface area contributed by atoms with E-state index in [1.165, 1.54) is 18.2 Å². The number of aryl methyl sites for hydroxylation is 1. The number of carbonyl (C=O) groups excluding carboxylic acids is 1. The Morgan fingerprint density at radius 1 is 1.37 bits per heavy atom. The second kappa shape index (κ2) is 5.96. The molecule has 0 amide bonds. The molecule has 1 aromatic heterocycles. The monoisotopic (exact) mass is 388 g/mol. The van der Waals surface area contributed by atoms with Gasteiger partial charge in [0.25, 0.3) is 0 Å². The van der Waals surface area contributed by atoms with Crippen molar-refractivity contribution in [3.8, 4) is 0 Å². The molecule has 3 nitrogen and oxygen atoms in total. The fraction of sp³-hybridized carbons (Fsp3) is 0.231. The molecule has 0 saturated heterocycles. The van der Waals surface area contributed by atoms with Crippen LogP contribution in [0.25, 0.3) is 0 Å². The third-order valence-electron chi connectivity index (χ3n) is 2.63. The molecule has 0 aliphatic rings. The molecule has 0 radical (unpaired) electrons. The van der Waals surface area contributed by atoms with E-state index >= 15 is 0 Å². The molecular weight excluding hydrogens is 379 g/mol. The summed E-state index contributed by atoms with van der Waals surface area (Å²) in [5.74, 6) is -0.573. The number of rotatable bonds is 4. The van der Waals surface area contributed by atoms with E-state index < -0.39 is 5.82 Å². The van der Waals surface area contributed by atoms with Crippen molar-refractivity contribution < 1.29 is 9.18 Å². The van der Waals surface area contributed by atoms with Gasteiger partial charge in [0.05, 0.1) is 15.1 Å². The number of halogens is 3. The van der Waals surface area contributed by atoms with E-state index in [1.807, 2.05) is 6.92 Å². The average Bonchev–Trinajstić information content (AvgIpc) is 2.74. The molecule has 0 bridgehead atoms. The molecule has 0 aliphatic carbocycles. The fourth-order valence-electron chi connectivity index (χ4n) is 1.74. The Kier molecular flexibility index (Phi) is 4.52. The first-order chi connectivity index (χ1) is 9.04. The highest BCUT2D eigenvalue weighted by atomic mass is 79.9. The average molecular weight is 390 g/mol. The predicted octanol–water partition coefficient (Wildman–Crippen LogP) is 4.19. The first-order valence-electron chi connectivity index (χ1n) is 5.75. The smallest absolute Gasteiger partial charge is 0.212 e. The third-order valence-corrected chi connectivity index (χ3v) is 3.82. The highest BCUT2D eigenvalue weighted by molar-refractivity contribution is 9.10. The summed E-state index contributed by atoms with van der Waals surface area (Å²) in [7, 11) is 0. The van der Waals surface area contributed by atoms with E-state index in [4.69, 9.17) is 0 Å². The molecule has 2 aromatic rings. The molecule has 0 spiro atoms. The first-order valence-corrected chi connectivity index (χ1v) is 7.34. The van der Waals surface area contributed by atoms with Gasteiger partial charge < -0.3 is 0 Å². The van der Waals surface area contributed by atoms with Crippen LogP contribution >= 0.6 is 31.9 Å². The van der Waals surface area contributed by atoms with Gasteiger partial charge in [0, 0.05) is 12.1 Å².